The van der Waals surface area contributed by atoms with E-state index in [1.54, 1.807) is 0 Å². The number of hydrogen-bond acceptors (Lipinski definition) is 8. The molecule has 1 rings (SSSR count). The van der Waals surface area contributed by atoms with Crippen LogP contribution in [0.5, 0.6) is 0 Å². The Morgan fingerprint density at radius 1 is 1.32 bits per heavy atom. The van der Waals surface area contributed by atoms with Crippen LogP contribution < -0.4 is 21.7 Å². The summed E-state index contributed by atoms with van der Waals surface area (Å²) in [7, 11) is 0. The van der Waals surface area contributed by atoms with Crippen LogP contribution in [0.1, 0.15) is 13.8 Å². The number of ether oxygens (including phenoxy) is 1. The first-order valence-electron chi connectivity index (χ1n) is 5.99. The predicted molar refractivity (Wildman–Crippen MR) is 71.8 cm³/mol. The van der Waals surface area contributed by atoms with E-state index in [2.05, 4.69) is 25.0 Å². The number of aromatic nitrogens is 3. The number of nitrogens with one attached hydrogen (secondary N) is 1. The summed E-state index contributed by atoms with van der Waals surface area (Å²) in [5.74, 6) is 0.980. The van der Waals surface area contributed by atoms with Crippen LogP contribution in [0, 0.1) is 0 Å². The van der Waals surface area contributed by atoms with E-state index in [0.717, 1.165) is 13.1 Å². The molecule has 5 N–H and O–H groups in total. The summed E-state index contributed by atoms with van der Waals surface area (Å²) in [5.41, 5.74) is 10.5. The summed E-state index contributed by atoms with van der Waals surface area (Å²) in [4.78, 5) is 24.6. The molecule has 0 bridgehead atoms. The van der Waals surface area contributed by atoms with Gasteiger partial charge in [0, 0.05) is 13.1 Å². The summed E-state index contributed by atoms with van der Waals surface area (Å²) < 4.78 is 4.58. The molecule has 0 unspecified atom stereocenters. The summed E-state index contributed by atoms with van der Waals surface area (Å²) in [5, 5.41) is 2.88. The van der Waals surface area contributed by atoms with Crippen LogP contribution in [0.15, 0.2) is 0 Å². The van der Waals surface area contributed by atoms with E-state index < -0.39 is 6.09 Å². The number of rotatable bonds is 7. The van der Waals surface area contributed by atoms with Crippen molar-refractivity contribution in [1.29, 1.82) is 0 Å². The van der Waals surface area contributed by atoms with Crippen molar-refractivity contribution in [1.82, 2.24) is 15.0 Å². The van der Waals surface area contributed by atoms with Crippen molar-refractivity contribution in [3.05, 3.63) is 0 Å². The summed E-state index contributed by atoms with van der Waals surface area (Å²) in [6.07, 6.45) is -0.819. The fourth-order valence-corrected chi connectivity index (χ4v) is 1.42. The molecule has 106 valence electrons. The molecule has 1 amide bonds. The van der Waals surface area contributed by atoms with Gasteiger partial charge in [-0.1, -0.05) is 0 Å². The molecular formula is C10H19N7O2. The molecule has 0 radical (unpaired) electrons. The van der Waals surface area contributed by atoms with Crippen molar-refractivity contribution in [3.8, 4) is 0 Å². The number of anilines is 3. The normalized spacial score (nSPS) is 10.0. The molecular weight excluding hydrogens is 250 g/mol. The molecule has 1 heterocycles. The van der Waals surface area contributed by atoms with Gasteiger partial charge in [0.05, 0.1) is 6.54 Å². The molecule has 0 atom stereocenters. The van der Waals surface area contributed by atoms with E-state index in [1.165, 1.54) is 0 Å². The molecule has 0 saturated heterocycles. The highest BCUT2D eigenvalue weighted by Gasteiger charge is 2.09. The molecule has 0 fully saturated rings. The zero-order valence-electron chi connectivity index (χ0n) is 11.1. The Hall–Kier alpha value is -2.32. The molecule has 0 saturated carbocycles. The fraction of sp³-hybridized carbons (Fsp3) is 0.600. The zero-order valence-corrected chi connectivity index (χ0v) is 11.1. The van der Waals surface area contributed by atoms with Gasteiger partial charge in [-0.3, -0.25) is 0 Å². The van der Waals surface area contributed by atoms with E-state index >= 15 is 0 Å². The number of hydrogen-bond donors (Lipinski definition) is 3. The van der Waals surface area contributed by atoms with Crippen LogP contribution in [0.3, 0.4) is 0 Å². The minimum atomic E-state index is -0.819. The average Bonchev–Trinajstić information content (AvgIpc) is 2.35. The van der Waals surface area contributed by atoms with Gasteiger partial charge in [0.25, 0.3) is 0 Å². The van der Waals surface area contributed by atoms with Crippen molar-refractivity contribution >= 4 is 23.9 Å². The molecule has 9 nitrogen and oxygen atoms in total. The molecule has 0 spiro atoms. The number of nitrogen functional groups attached to an aromatic ring is 1. The maximum Gasteiger partial charge on any atom is 0.404 e. The van der Waals surface area contributed by atoms with Crippen LogP contribution in [0.2, 0.25) is 0 Å². The van der Waals surface area contributed by atoms with Crippen molar-refractivity contribution < 1.29 is 9.53 Å². The minimum absolute atomic E-state index is 0.127. The third-order valence-corrected chi connectivity index (χ3v) is 2.32. The number of carbonyl (C=O) groups excluding carboxylic acids is 1. The van der Waals surface area contributed by atoms with E-state index in [9.17, 15) is 4.79 Å². The Morgan fingerprint density at radius 3 is 2.58 bits per heavy atom. The number of nitrogens with two attached hydrogens (primary N) is 2. The molecule has 0 aromatic carbocycles. The molecule has 19 heavy (non-hydrogen) atoms. The Kier molecular flexibility index (Phi) is 5.58. The quantitative estimate of drug-likeness (QED) is 0.580. The first kappa shape index (κ1) is 14.7. The molecule has 0 aliphatic heterocycles. The average molecular weight is 269 g/mol. The second kappa shape index (κ2) is 7.19. The molecule has 0 aliphatic rings. The van der Waals surface area contributed by atoms with Gasteiger partial charge in [0.1, 0.15) is 6.61 Å². The van der Waals surface area contributed by atoms with Gasteiger partial charge >= 0.3 is 6.09 Å². The first-order valence-corrected chi connectivity index (χ1v) is 5.99. The number of carbonyl (C=O) groups is 1. The van der Waals surface area contributed by atoms with Gasteiger partial charge in [-0.25, -0.2) is 4.79 Å². The Morgan fingerprint density at radius 2 is 2.00 bits per heavy atom. The van der Waals surface area contributed by atoms with Crippen molar-refractivity contribution in [2.24, 2.45) is 5.73 Å². The molecule has 9 heteroatoms. The number of primary amides is 1. The molecule has 1 aromatic rings. The van der Waals surface area contributed by atoms with E-state index in [4.69, 9.17) is 11.5 Å². The van der Waals surface area contributed by atoms with E-state index in [1.807, 2.05) is 18.7 Å². The summed E-state index contributed by atoms with van der Waals surface area (Å²) in [6, 6.07) is 0. The third kappa shape index (κ3) is 4.82. The lowest BCUT2D eigenvalue weighted by Crippen LogP contribution is -2.26. The van der Waals surface area contributed by atoms with Gasteiger partial charge in [-0.15, -0.1) is 0 Å². The summed E-state index contributed by atoms with van der Waals surface area (Å²) >= 11 is 0. The standard InChI is InChI=1S/C10H19N7O2/c1-3-17(4-2)10-15-7(11)14-9(16-10)13-5-6-19-8(12)18/h3-6H2,1-2H3,(H2,12,18)(H3,11,13,14,15,16). The monoisotopic (exact) mass is 269 g/mol. The van der Waals surface area contributed by atoms with E-state index in [-0.39, 0.29) is 12.6 Å². The Bertz CT molecular complexity index is 422. The van der Waals surface area contributed by atoms with Crippen molar-refractivity contribution in [3.63, 3.8) is 0 Å². The van der Waals surface area contributed by atoms with Gasteiger partial charge in [-0.2, -0.15) is 15.0 Å². The lowest BCUT2D eigenvalue weighted by molar-refractivity contribution is 0.161. The lowest BCUT2D eigenvalue weighted by Gasteiger charge is -2.18. The minimum Gasteiger partial charge on any atom is -0.448 e. The molecule has 1 aromatic heterocycles. The van der Waals surface area contributed by atoms with Gasteiger partial charge < -0.3 is 26.4 Å². The maximum atomic E-state index is 10.4. The highest BCUT2D eigenvalue weighted by Crippen LogP contribution is 2.11. The van der Waals surface area contributed by atoms with Crippen LogP contribution in [-0.2, 0) is 4.74 Å². The summed E-state index contributed by atoms with van der Waals surface area (Å²) in [6.45, 7) is 5.99. The Balaban J connectivity index is 2.65. The van der Waals surface area contributed by atoms with Gasteiger partial charge in [0.2, 0.25) is 17.8 Å². The first-order chi connectivity index (χ1) is 9.06. The highest BCUT2D eigenvalue weighted by molar-refractivity contribution is 5.64. The second-order valence-electron chi connectivity index (χ2n) is 3.58. The second-order valence-corrected chi connectivity index (χ2v) is 3.58. The largest absolute Gasteiger partial charge is 0.448 e. The van der Waals surface area contributed by atoms with Crippen molar-refractivity contribution in [2.75, 3.05) is 42.2 Å². The topological polar surface area (TPSA) is 132 Å². The van der Waals surface area contributed by atoms with Crippen LogP contribution in [-0.4, -0.2) is 47.3 Å². The zero-order chi connectivity index (χ0) is 14.3. The number of nitrogens with zero attached hydrogens (tertiary/aromatic N) is 4. The highest BCUT2D eigenvalue weighted by atomic mass is 16.5. The SMILES string of the molecule is CCN(CC)c1nc(N)nc(NCCOC(N)=O)n1. The van der Waals surface area contributed by atoms with E-state index in [0.29, 0.717) is 18.4 Å². The third-order valence-electron chi connectivity index (χ3n) is 2.32. The predicted octanol–water partition coefficient (Wildman–Crippen LogP) is -0.193. The van der Waals surface area contributed by atoms with Crippen molar-refractivity contribution in [2.45, 2.75) is 13.8 Å². The smallest absolute Gasteiger partial charge is 0.404 e. The Labute approximate surface area is 111 Å². The van der Waals surface area contributed by atoms with Crippen LogP contribution in [0.4, 0.5) is 22.6 Å². The lowest BCUT2D eigenvalue weighted by atomic mass is 10.5. The van der Waals surface area contributed by atoms with Gasteiger partial charge in [-0.05, 0) is 13.8 Å². The number of amides is 1. The molecule has 0 aliphatic carbocycles. The van der Waals surface area contributed by atoms with Gasteiger partial charge in [0.15, 0.2) is 0 Å². The fourth-order valence-electron chi connectivity index (χ4n) is 1.42. The maximum absolute atomic E-state index is 10.4. The van der Waals surface area contributed by atoms with Crippen LogP contribution >= 0.6 is 0 Å². The van der Waals surface area contributed by atoms with Crippen LogP contribution in [0.25, 0.3) is 0 Å².